The molecule has 9 nitrogen and oxygen atoms in total. The molecule has 10 heteroatoms. The van der Waals surface area contributed by atoms with Crippen molar-refractivity contribution in [2.45, 2.75) is 0 Å². The van der Waals surface area contributed by atoms with Crippen LogP contribution in [0.4, 0.5) is 11.9 Å². The largest absolute Gasteiger partial charge is 0.378 e. The molecule has 1 amide bonds. The molecule has 3 N–H and O–H groups in total. The third-order valence-corrected chi connectivity index (χ3v) is 2.83. The number of rotatable bonds is 7. The summed E-state index contributed by atoms with van der Waals surface area (Å²) in [6.45, 7) is 3.30. The van der Waals surface area contributed by atoms with Crippen LogP contribution < -0.4 is 16.0 Å². The molecular formula is C11H17ClN6O3. The lowest BCUT2D eigenvalue weighted by molar-refractivity contribution is -0.122. The van der Waals surface area contributed by atoms with E-state index in [4.69, 9.17) is 26.8 Å². The Hall–Kier alpha value is -1.71. The van der Waals surface area contributed by atoms with Crippen LogP contribution in [0.2, 0.25) is 5.28 Å². The first-order valence-electron chi connectivity index (χ1n) is 6.49. The minimum atomic E-state index is -0.507. The SMILES string of the molecule is NC(=O)COCCNc1nc(Cl)nc(N2CCOCC2)n1. The molecule has 1 aliphatic heterocycles. The Balaban J connectivity index is 1.87. The van der Waals surface area contributed by atoms with Crippen LogP contribution in [-0.2, 0) is 14.3 Å². The van der Waals surface area contributed by atoms with Gasteiger partial charge in [0.2, 0.25) is 23.1 Å². The van der Waals surface area contributed by atoms with Crippen LogP contribution in [0.1, 0.15) is 0 Å². The molecule has 1 saturated heterocycles. The summed E-state index contributed by atoms with van der Waals surface area (Å²) in [6.07, 6.45) is 0. The predicted molar refractivity (Wildman–Crippen MR) is 76.4 cm³/mol. The number of hydrogen-bond donors (Lipinski definition) is 2. The normalized spacial score (nSPS) is 15.0. The lowest BCUT2D eigenvalue weighted by Crippen LogP contribution is -2.37. The first-order chi connectivity index (χ1) is 10.1. The topological polar surface area (TPSA) is 115 Å². The number of hydrogen-bond acceptors (Lipinski definition) is 8. The van der Waals surface area contributed by atoms with Crippen LogP contribution in [0.25, 0.3) is 0 Å². The van der Waals surface area contributed by atoms with Crippen molar-refractivity contribution in [3.05, 3.63) is 5.28 Å². The molecule has 1 aromatic heterocycles. The van der Waals surface area contributed by atoms with Gasteiger partial charge in [-0.05, 0) is 11.6 Å². The molecule has 0 atom stereocenters. The molecule has 0 aromatic carbocycles. The van der Waals surface area contributed by atoms with Crippen molar-refractivity contribution in [1.29, 1.82) is 0 Å². The fourth-order valence-electron chi connectivity index (χ4n) is 1.73. The number of amides is 1. The maximum Gasteiger partial charge on any atom is 0.243 e. The highest BCUT2D eigenvalue weighted by Crippen LogP contribution is 2.14. The fraction of sp³-hybridized carbons (Fsp3) is 0.636. The third kappa shape index (κ3) is 5.29. The third-order valence-electron chi connectivity index (χ3n) is 2.66. The van der Waals surface area contributed by atoms with Gasteiger partial charge < -0.3 is 25.4 Å². The van der Waals surface area contributed by atoms with Crippen molar-refractivity contribution in [2.24, 2.45) is 5.73 Å². The number of halogens is 1. The van der Waals surface area contributed by atoms with Crippen LogP contribution in [0.15, 0.2) is 0 Å². The Bertz CT molecular complexity index is 483. The van der Waals surface area contributed by atoms with E-state index >= 15 is 0 Å². The second-order valence-corrected chi connectivity index (χ2v) is 4.61. The number of nitrogens with two attached hydrogens (primary N) is 1. The van der Waals surface area contributed by atoms with Gasteiger partial charge >= 0.3 is 0 Å². The van der Waals surface area contributed by atoms with E-state index in [1.165, 1.54) is 0 Å². The molecule has 2 rings (SSSR count). The minimum Gasteiger partial charge on any atom is -0.378 e. The zero-order valence-electron chi connectivity index (χ0n) is 11.4. The van der Waals surface area contributed by atoms with E-state index < -0.39 is 5.91 Å². The van der Waals surface area contributed by atoms with Gasteiger partial charge in [0.15, 0.2) is 0 Å². The Morgan fingerprint density at radius 3 is 2.86 bits per heavy atom. The van der Waals surface area contributed by atoms with Gasteiger partial charge in [0.1, 0.15) is 6.61 Å². The maximum absolute atomic E-state index is 10.5. The Kier molecular flexibility index (Phi) is 5.90. The molecule has 0 aliphatic carbocycles. The maximum atomic E-state index is 10.5. The highest BCUT2D eigenvalue weighted by Gasteiger charge is 2.15. The average Bonchev–Trinajstić information content (AvgIpc) is 2.47. The molecule has 1 aromatic rings. The standard InChI is InChI=1S/C11H17ClN6O3/c12-9-15-10(14-1-4-21-7-8(13)19)17-11(16-9)18-2-5-20-6-3-18/h1-7H2,(H2,13,19)(H,14,15,16,17). The fourth-order valence-corrected chi connectivity index (χ4v) is 1.89. The quantitative estimate of drug-likeness (QED) is 0.633. The molecule has 116 valence electrons. The van der Waals surface area contributed by atoms with Crippen LogP contribution in [0, 0.1) is 0 Å². The molecule has 21 heavy (non-hydrogen) atoms. The molecular weight excluding hydrogens is 300 g/mol. The summed E-state index contributed by atoms with van der Waals surface area (Å²) < 4.78 is 10.3. The van der Waals surface area contributed by atoms with Crippen molar-refractivity contribution in [3.8, 4) is 0 Å². The zero-order valence-corrected chi connectivity index (χ0v) is 12.2. The van der Waals surface area contributed by atoms with Crippen LogP contribution in [-0.4, -0.2) is 66.9 Å². The number of carbonyl (C=O) groups excluding carboxylic acids is 1. The highest BCUT2D eigenvalue weighted by atomic mass is 35.5. The summed E-state index contributed by atoms with van der Waals surface area (Å²) in [6, 6.07) is 0. The van der Waals surface area contributed by atoms with Gasteiger partial charge in [-0.2, -0.15) is 15.0 Å². The first-order valence-corrected chi connectivity index (χ1v) is 6.87. The van der Waals surface area contributed by atoms with Crippen LogP contribution in [0.3, 0.4) is 0 Å². The van der Waals surface area contributed by atoms with Crippen LogP contribution >= 0.6 is 11.6 Å². The van der Waals surface area contributed by atoms with Crippen molar-refractivity contribution < 1.29 is 14.3 Å². The van der Waals surface area contributed by atoms with Gasteiger partial charge in [-0.1, -0.05) is 0 Å². The molecule has 1 aliphatic rings. The zero-order chi connectivity index (χ0) is 15.1. The smallest absolute Gasteiger partial charge is 0.243 e. The minimum absolute atomic E-state index is 0.112. The summed E-state index contributed by atoms with van der Waals surface area (Å²) in [4.78, 5) is 24.9. The second-order valence-electron chi connectivity index (χ2n) is 4.27. The number of ether oxygens (including phenoxy) is 2. The van der Waals surface area contributed by atoms with Crippen molar-refractivity contribution >= 4 is 29.4 Å². The molecule has 0 saturated carbocycles. The van der Waals surface area contributed by atoms with Crippen molar-refractivity contribution in [1.82, 2.24) is 15.0 Å². The van der Waals surface area contributed by atoms with Gasteiger partial charge in [0, 0.05) is 19.6 Å². The summed E-state index contributed by atoms with van der Waals surface area (Å²) >= 11 is 5.90. The number of nitrogens with zero attached hydrogens (tertiary/aromatic N) is 4. The summed E-state index contributed by atoms with van der Waals surface area (Å²) in [5.74, 6) is 0.367. The van der Waals surface area contributed by atoms with E-state index in [9.17, 15) is 4.79 Å². The van der Waals surface area contributed by atoms with E-state index in [2.05, 4.69) is 20.3 Å². The molecule has 2 heterocycles. The average molecular weight is 317 g/mol. The Morgan fingerprint density at radius 2 is 2.14 bits per heavy atom. The Labute approximate surface area is 126 Å². The van der Waals surface area contributed by atoms with Gasteiger partial charge in [0.05, 0.1) is 19.8 Å². The Morgan fingerprint density at radius 1 is 1.38 bits per heavy atom. The number of aromatic nitrogens is 3. The van der Waals surface area contributed by atoms with Gasteiger partial charge in [-0.25, -0.2) is 0 Å². The van der Waals surface area contributed by atoms with Gasteiger partial charge in [0.25, 0.3) is 0 Å². The molecule has 0 unspecified atom stereocenters. The molecule has 0 spiro atoms. The second kappa shape index (κ2) is 7.91. The number of primary amides is 1. The predicted octanol–water partition coefficient (Wildman–Crippen LogP) is -0.725. The molecule has 0 radical (unpaired) electrons. The summed E-state index contributed by atoms with van der Waals surface area (Å²) in [7, 11) is 0. The molecule has 1 fully saturated rings. The van der Waals surface area contributed by atoms with Gasteiger partial charge in [-0.15, -0.1) is 0 Å². The summed E-state index contributed by atoms with van der Waals surface area (Å²) in [5.41, 5.74) is 4.96. The van der Waals surface area contributed by atoms with E-state index in [1.807, 2.05) is 4.90 Å². The van der Waals surface area contributed by atoms with Gasteiger partial charge in [-0.3, -0.25) is 4.79 Å². The van der Waals surface area contributed by atoms with E-state index in [0.29, 0.717) is 51.4 Å². The highest BCUT2D eigenvalue weighted by molar-refractivity contribution is 6.28. The molecule has 0 bridgehead atoms. The van der Waals surface area contributed by atoms with E-state index in [1.54, 1.807) is 0 Å². The van der Waals surface area contributed by atoms with Crippen LogP contribution in [0.5, 0.6) is 0 Å². The monoisotopic (exact) mass is 316 g/mol. The first kappa shape index (κ1) is 15.7. The summed E-state index contributed by atoms with van der Waals surface area (Å²) in [5, 5.41) is 3.07. The number of nitrogens with one attached hydrogen (secondary N) is 1. The van der Waals surface area contributed by atoms with Crippen molar-refractivity contribution in [3.63, 3.8) is 0 Å². The number of carbonyl (C=O) groups is 1. The lowest BCUT2D eigenvalue weighted by Gasteiger charge is -2.26. The van der Waals surface area contributed by atoms with Crippen molar-refractivity contribution in [2.75, 3.05) is 56.3 Å². The van der Waals surface area contributed by atoms with E-state index in [0.717, 1.165) is 0 Å². The number of morpholine rings is 1. The number of anilines is 2. The lowest BCUT2D eigenvalue weighted by atomic mass is 10.4. The van der Waals surface area contributed by atoms with E-state index in [-0.39, 0.29) is 11.9 Å².